The summed E-state index contributed by atoms with van der Waals surface area (Å²) in [5, 5.41) is 4.49. The number of hydrogen-bond donors (Lipinski definition) is 1. The highest BCUT2D eigenvalue weighted by Gasteiger charge is 2.38. The number of halogens is 2. The van der Waals surface area contributed by atoms with E-state index in [0.717, 1.165) is 22.2 Å². The summed E-state index contributed by atoms with van der Waals surface area (Å²) in [4.78, 5) is 0. The quantitative estimate of drug-likeness (QED) is 0.371. The molecule has 1 aliphatic heterocycles. The molecule has 3 aromatic rings. The fourth-order valence-electron chi connectivity index (χ4n) is 4.67. The summed E-state index contributed by atoms with van der Waals surface area (Å²) >= 11 is 9.71. The lowest BCUT2D eigenvalue weighted by molar-refractivity contribution is 0.282. The molecule has 2 aliphatic rings. The van der Waals surface area contributed by atoms with Gasteiger partial charge in [-0.1, -0.05) is 54.1 Å². The van der Waals surface area contributed by atoms with E-state index in [0.29, 0.717) is 29.2 Å². The first-order valence-electron chi connectivity index (χ1n) is 10.4. The van der Waals surface area contributed by atoms with E-state index in [1.54, 1.807) is 7.11 Å². The third-order valence-electron chi connectivity index (χ3n) is 6.18. The average Bonchev–Trinajstić information content (AvgIpc) is 3.28. The summed E-state index contributed by atoms with van der Waals surface area (Å²) in [6.07, 6.45) is 5.72. The Balaban J connectivity index is 1.44. The van der Waals surface area contributed by atoms with Crippen molar-refractivity contribution < 1.29 is 9.47 Å². The molecule has 0 spiro atoms. The van der Waals surface area contributed by atoms with Crippen LogP contribution in [0.5, 0.6) is 11.5 Å². The molecule has 5 rings (SSSR count). The van der Waals surface area contributed by atoms with Crippen LogP contribution in [-0.4, -0.2) is 7.11 Å². The monoisotopic (exact) mass is 495 g/mol. The minimum atomic E-state index is 0.199. The van der Waals surface area contributed by atoms with Gasteiger partial charge in [0, 0.05) is 16.6 Å². The van der Waals surface area contributed by atoms with Gasteiger partial charge in [0.25, 0.3) is 0 Å². The molecule has 0 amide bonds. The van der Waals surface area contributed by atoms with Crippen LogP contribution in [0.2, 0.25) is 5.02 Å². The average molecular weight is 497 g/mol. The van der Waals surface area contributed by atoms with Gasteiger partial charge in [-0.2, -0.15) is 0 Å². The second-order valence-corrected chi connectivity index (χ2v) is 9.30. The summed E-state index contributed by atoms with van der Waals surface area (Å²) < 4.78 is 12.7. The molecule has 3 atom stereocenters. The number of anilines is 1. The van der Waals surface area contributed by atoms with Gasteiger partial charge in [-0.25, -0.2) is 0 Å². The second kappa shape index (κ2) is 8.60. The largest absolute Gasteiger partial charge is 0.493 e. The summed E-state index contributed by atoms with van der Waals surface area (Å²) in [5.74, 6) is 2.35. The minimum absolute atomic E-state index is 0.199. The number of para-hydroxylation sites is 1. The predicted octanol–water partition coefficient (Wildman–Crippen LogP) is 7.52. The molecule has 158 valence electrons. The predicted molar refractivity (Wildman–Crippen MR) is 129 cm³/mol. The lowest BCUT2D eigenvalue weighted by Crippen LogP contribution is -2.29. The van der Waals surface area contributed by atoms with Crippen LogP contribution in [0.3, 0.4) is 0 Å². The molecule has 0 saturated heterocycles. The maximum atomic E-state index is 6.12. The van der Waals surface area contributed by atoms with Crippen molar-refractivity contribution in [1.29, 1.82) is 0 Å². The Hall–Kier alpha value is -2.43. The van der Waals surface area contributed by atoms with E-state index >= 15 is 0 Å². The van der Waals surface area contributed by atoms with Gasteiger partial charge in [-0.05, 0) is 75.3 Å². The van der Waals surface area contributed by atoms with Crippen molar-refractivity contribution in [1.82, 2.24) is 0 Å². The Bertz CT molecular complexity index is 1130. The normalized spacial score (nSPS) is 21.2. The summed E-state index contributed by atoms with van der Waals surface area (Å²) in [5.41, 5.74) is 4.83. The highest BCUT2D eigenvalue weighted by atomic mass is 79.9. The van der Waals surface area contributed by atoms with Gasteiger partial charge in [-0.3, -0.25) is 0 Å². The first kappa shape index (κ1) is 20.5. The number of rotatable bonds is 5. The van der Waals surface area contributed by atoms with E-state index in [1.165, 1.54) is 16.8 Å². The van der Waals surface area contributed by atoms with Gasteiger partial charge in [0.1, 0.15) is 6.61 Å². The molecule has 3 nitrogen and oxygen atoms in total. The van der Waals surface area contributed by atoms with E-state index < -0.39 is 0 Å². The molecule has 0 fully saturated rings. The fourth-order valence-corrected chi connectivity index (χ4v) is 5.37. The molecule has 0 unspecified atom stereocenters. The van der Waals surface area contributed by atoms with E-state index in [2.05, 4.69) is 69.8 Å². The third-order valence-corrected chi connectivity index (χ3v) is 7.02. The number of benzene rings is 3. The molecule has 0 saturated carbocycles. The summed E-state index contributed by atoms with van der Waals surface area (Å²) in [7, 11) is 1.68. The Morgan fingerprint density at radius 1 is 1.10 bits per heavy atom. The summed E-state index contributed by atoms with van der Waals surface area (Å²) in [6.45, 7) is 0.440. The van der Waals surface area contributed by atoms with Crippen molar-refractivity contribution in [2.45, 2.75) is 25.0 Å². The van der Waals surface area contributed by atoms with Crippen LogP contribution >= 0.6 is 27.5 Å². The lowest BCUT2D eigenvalue weighted by Gasteiger charge is -2.37. The van der Waals surface area contributed by atoms with Gasteiger partial charge in [0.15, 0.2) is 11.5 Å². The number of nitrogens with one attached hydrogen (secondary N) is 1. The van der Waals surface area contributed by atoms with E-state index in [4.69, 9.17) is 21.1 Å². The Morgan fingerprint density at radius 3 is 2.71 bits per heavy atom. The zero-order valence-corrected chi connectivity index (χ0v) is 19.5. The standard InChI is InChI=1S/C26H23BrClNO2/c1-30-24-14-17(13-22(27)26(24)31-15-16-9-11-18(28)12-10-16)25-21-7-4-6-19(21)20-5-2-3-8-23(20)29-25/h2-6,8-14,19,21,25,29H,7,15H2,1H3/t19-,21-,25-/m0/s1. The molecular formula is C26H23BrClNO2. The Kier molecular flexibility index (Phi) is 5.68. The maximum absolute atomic E-state index is 6.12. The molecule has 31 heavy (non-hydrogen) atoms. The van der Waals surface area contributed by atoms with Gasteiger partial charge in [-0.15, -0.1) is 0 Å². The van der Waals surface area contributed by atoms with Crippen LogP contribution in [-0.2, 0) is 6.61 Å². The van der Waals surface area contributed by atoms with Crippen LogP contribution in [0.25, 0.3) is 0 Å². The molecule has 1 heterocycles. The molecular weight excluding hydrogens is 474 g/mol. The third kappa shape index (κ3) is 3.95. The van der Waals surface area contributed by atoms with E-state index in [-0.39, 0.29) is 6.04 Å². The van der Waals surface area contributed by atoms with Gasteiger partial charge in [0.2, 0.25) is 0 Å². The van der Waals surface area contributed by atoms with E-state index in [1.807, 2.05) is 24.3 Å². The van der Waals surface area contributed by atoms with Gasteiger partial charge >= 0.3 is 0 Å². The van der Waals surface area contributed by atoms with Crippen LogP contribution in [0, 0.1) is 5.92 Å². The number of methoxy groups -OCH3 is 1. The van der Waals surface area contributed by atoms with Crippen LogP contribution in [0.4, 0.5) is 5.69 Å². The SMILES string of the molecule is COc1cc([C@@H]2Nc3ccccc3[C@@H]3C=CC[C@@H]32)cc(Br)c1OCc1ccc(Cl)cc1. The van der Waals surface area contributed by atoms with Crippen LogP contribution in [0.1, 0.15) is 35.1 Å². The fraction of sp³-hybridized carbons (Fsp3) is 0.231. The summed E-state index contributed by atoms with van der Waals surface area (Å²) in [6, 6.07) is 20.7. The van der Waals surface area contributed by atoms with Crippen molar-refractivity contribution in [3.8, 4) is 11.5 Å². The molecule has 1 N–H and O–H groups in total. The zero-order valence-electron chi connectivity index (χ0n) is 17.1. The number of hydrogen-bond acceptors (Lipinski definition) is 3. The van der Waals surface area contributed by atoms with Crippen molar-refractivity contribution >= 4 is 33.2 Å². The molecule has 0 bridgehead atoms. The van der Waals surface area contributed by atoms with Gasteiger partial charge in [0.05, 0.1) is 17.6 Å². The molecule has 0 aromatic heterocycles. The number of ether oxygens (including phenoxy) is 2. The van der Waals surface area contributed by atoms with Crippen molar-refractivity contribution in [3.63, 3.8) is 0 Å². The van der Waals surface area contributed by atoms with Crippen molar-refractivity contribution in [3.05, 3.63) is 99.0 Å². The van der Waals surface area contributed by atoms with Crippen molar-refractivity contribution in [2.75, 3.05) is 12.4 Å². The first-order chi connectivity index (χ1) is 15.1. The Morgan fingerprint density at radius 2 is 1.90 bits per heavy atom. The highest BCUT2D eigenvalue weighted by Crippen LogP contribution is 2.51. The van der Waals surface area contributed by atoms with Crippen LogP contribution in [0.15, 0.2) is 77.3 Å². The number of allylic oxidation sites excluding steroid dienone is 2. The number of fused-ring (bicyclic) bond motifs is 3. The van der Waals surface area contributed by atoms with Crippen LogP contribution < -0.4 is 14.8 Å². The smallest absolute Gasteiger partial charge is 0.175 e. The Labute approximate surface area is 196 Å². The van der Waals surface area contributed by atoms with E-state index in [9.17, 15) is 0 Å². The maximum Gasteiger partial charge on any atom is 0.175 e. The molecule has 3 aromatic carbocycles. The topological polar surface area (TPSA) is 30.5 Å². The lowest BCUT2D eigenvalue weighted by atomic mass is 9.77. The molecule has 5 heteroatoms. The van der Waals surface area contributed by atoms with Crippen molar-refractivity contribution in [2.24, 2.45) is 5.92 Å². The van der Waals surface area contributed by atoms with Gasteiger partial charge < -0.3 is 14.8 Å². The highest BCUT2D eigenvalue weighted by molar-refractivity contribution is 9.10. The molecule has 1 aliphatic carbocycles. The zero-order chi connectivity index (χ0) is 21.4. The second-order valence-electron chi connectivity index (χ2n) is 8.01. The minimum Gasteiger partial charge on any atom is -0.493 e. The first-order valence-corrected chi connectivity index (χ1v) is 11.6. The molecule has 0 radical (unpaired) electrons.